The predicted molar refractivity (Wildman–Crippen MR) is 100 cm³/mol. The van der Waals surface area contributed by atoms with Crippen molar-refractivity contribution >= 4 is 42.1 Å². The largest absolute Gasteiger partial charge is 0.348 e. The van der Waals surface area contributed by atoms with Gasteiger partial charge in [-0.05, 0) is 38.4 Å². The van der Waals surface area contributed by atoms with Crippen molar-refractivity contribution in [3.8, 4) is 11.3 Å². The quantitative estimate of drug-likeness (QED) is 0.865. The molecule has 2 aromatic rings. The molecule has 1 aliphatic heterocycles. The highest BCUT2D eigenvalue weighted by Crippen LogP contribution is 2.22. The van der Waals surface area contributed by atoms with Crippen molar-refractivity contribution in [1.29, 1.82) is 0 Å². The van der Waals surface area contributed by atoms with Gasteiger partial charge in [-0.25, -0.2) is 4.98 Å². The van der Waals surface area contributed by atoms with Gasteiger partial charge in [0, 0.05) is 29.1 Å². The van der Waals surface area contributed by atoms with Gasteiger partial charge in [0.05, 0.1) is 10.7 Å². The van der Waals surface area contributed by atoms with Crippen LogP contribution in [0.4, 0.5) is 0 Å². The molecule has 1 saturated heterocycles. The van der Waals surface area contributed by atoms with Gasteiger partial charge in [0.2, 0.25) is 0 Å². The van der Waals surface area contributed by atoms with Gasteiger partial charge in [0.15, 0.2) is 0 Å². The Morgan fingerprint density at radius 3 is 2.87 bits per heavy atom. The third kappa shape index (κ3) is 5.18. The molecule has 4 nitrogen and oxygen atoms in total. The molecule has 0 unspecified atom stereocenters. The maximum atomic E-state index is 12.3. The van der Waals surface area contributed by atoms with Crippen molar-refractivity contribution in [1.82, 2.24) is 15.6 Å². The van der Waals surface area contributed by atoms with Gasteiger partial charge in [0.25, 0.3) is 5.91 Å². The number of aromatic nitrogens is 1. The first kappa shape index (κ1) is 19.9. The molecule has 0 radical (unpaired) electrons. The van der Waals surface area contributed by atoms with E-state index in [0.717, 1.165) is 42.2 Å². The highest BCUT2D eigenvalue weighted by atomic mass is 35.5. The van der Waals surface area contributed by atoms with Crippen molar-refractivity contribution < 1.29 is 4.79 Å². The highest BCUT2D eigenvalue weighted by molar-refractivity contribution is 7.09. The van der Waals surface area contributed by atoms with Crippen molar-refractivity contribution in [2.24, 2.45) is 0 Å². The molecule has 23 heavy (non-hydrogen) atoms. The Morgan fingerprint density at radius 1 is 1.39 bits per heavy atom. The molecule has 2 N–H and O–H groups in total. The predicted octanol–water partition coefficient (Wildman–Crippen LogP) is 3.44. The van der Waals surface area contributed by atoms with Crippen LogP contribution in [0.25, 0.3) is 11.3 Å². The van der Waals surface area contributed by atoms with Gasteiger partial charge in [-0.1, -0.05) is 12.1 Å². The van der Waals surface area contributed by atoms with Gasteiger partial charge in [-0.15, -0.1) is 36.2 Å². The topological polar surface area (TPSA) is 54.0 Å². The summed E-state index contributed by atoms with van der Waals surface area (Å²) >= 11 is 1.62. The fourth-order valence-electron chi connectivity index (χ4n) is 2.56. The van der Waals surface area contributed by atoms with Crippen LogP contribution in [0.5, 0.6) is 0 Å². The summed E-state index contributed by atoms with van der Waals surface area (Å²) in [7, 11) is 0. The molecule has 0 saturated carbocycles. The number of piperidine rings is 1. The maximum Gasteiger partial charge on any atom is 0.251 e. The summed E-state index contributed by atoms with van der Waals surface area (Å²) in [6.07, 6.45) is 2.16. The number of aryl methyl sites for hydroxylation is 1. The lowest BCUT2D eigenvalue weighted by Gasteiger charge is -2.23. The SMILES string of the molecule is Cc1nc(-c2cccc(C(=O)N[C@H]3CCCNC3)c2)cs1.Cl.Cl. The van der Waals surface area contributed by atoms with Crippen LogP contribution in [0.2, 0.25) is 0 Å². The van der Waals surface area contributed by atoms with E-state index in [-0.39, 0.29) is 36.8 Å². The lowest BCUT2D eigenvalue weighted by Crippen LogP contribution is -2.45. The van der Waals surface area contributed by atoms with Crippen LogP contribution in [0, 0.1) is 6.92 Å². The Labute approximate surface area is 152 Å². The summed E-state index contributed by atoms with van der Waals surface area (Å²) in [6.45, 7) is 3.89. The van der Waals surface area contributed by atoms with Crippen molar-refractivity contribution in [3.63, 3.8) is 0 Å². The molecular formula is C16H21Cl2N3OS. The van der Waals surface area contributed by atoms with E-state index < -0.39 is 0 Å². The van der Waals surface area contributed by atoms with E-state index in [2.05, 4.69) is 15.6 Å². The number of hydrogen-bond acceptors (Lipinski definition) is 4. The molecule has 1 amide bonds. The summed E-state index contributed by atoms with van der Waals surface area (Å²) in [5.74, 6) is -0.00231. The molecule has 1 aliphatic rings. The summed E-state index contributed by atoms with van der Waals surface area (Å²) in [5.41, 5.74) is 2.63. The minimum absolute atomic E-state index is 0. The lowest BCUT2D eigenvalue weighted by molar-refractivity contribution is 0.0930. The number of hydrogen-bond donors (Lipinski definition) is 2. The van der Waals surface area contributed by atoms with Gasteiger partial charge in [-0.2, -0.15) is 0 Å². The Kier molecular flexibility index (Phi) is 7.99. The molecule has 7 heteroatoms. The molecule has 1 aromatic heterocycles. The first-order chi connectivity index (χ1) is 10.2. The minimum Gasteiger partial charge on any atom is -0.348 e. The Bertz CT molecular complexity index is 642. The van der Waals surface area contributed by atoms with Crippen LogP contribution >= 0.6 is 36.2 Å². The third-order valence-electron chi connectivity index (χ3n) is 3.67. The number of thiazole rings is 1. The Morgan fingerprint density at radius 2 is 2.22 bits per heavy atom. The first-order valence-corrected chi connectivity index (χ1v) is 8.14. The molecule has 0 bridgehead atoms. The highest BCUT2D eigenvalue weighted by Gasteiger charge is 2.16. The third-order valence-corrected chi connectivity index (χ3v) is 4.45. The number of rotatable bonds is 3. The first-order valence-electron chi connectivity index (χ1n) is 7.26. The molecule has 126 valence electrons. The molecule has 1 atom stereocenters. The second-order valence-electron chi connectivity index (χ2n) is 5.35. The standard InChI is InChI=1S/C16H19N3OS.2ClH/c1-11-18-15(10-21-11)12-4-2-5-13(8-12)16(20)19-14-6-3-7-17-9-14;;/h2,4-5,8,10,14,17H,3,6-7,9H2,1H3,(H,19,20);2*1H/t14-;;/m0../s1. The van der Waals surface area contributed by atoms with Crippen LogP contribution in [0.3, 0.4) is 0 Å². The minimum atomic E-state index is -0.00231. The monoisotopic (exact) mass is 373 g/mol. The van der Waals surface area contributed by atoms with E-state index >= 15 is 0 Å². The van der Waals surface area contributed by atoms with Crippen molar-refractivity contribution in [2.75, 3.05) is 13.1 Å². The van der Waals surface area contributed by atoms with E-state index in [9.17, 15) is 4.79 Å². The second-order valence-corrected chi connectivity index (χ2v) is 6.41. The number of benzene rings is 1. The Balaban J connectivity index is 0.00000132. The van der Waals surface area contributed by atoms with E-state index in [0.29, 0.717) is 5.56 Å². The zero-order valence-corrected chi connectivity index (χ0v) is 15.3. The molecule has 0 aliphatic carbocycles. The molecule has 0 spiro atoms. The number of carbonyl (C=O) groups is 1. The van der Waals surface area contributed by atoms with Crippen LogP contribution in [-0.4, -0.2) is 30.0 Å². The second kappa shape index (κ2) is 9.23. The summed E-state index contributed by atoms with van der Waals surface area (Å²) in [4.78, 5) is 16.8. The Hall–Kier alpha value is -1.14. The smallest absolute Gasteiger partial charge is 0.251 e. The van der Waals surface area contributed by atoms with E-state index in [1.54, 1.807) is 11.3 Å². The van der Waals surface area contributed by atoms with Crippen LogP contribution in [-0.2, 0) is 0 Å². The van der Waals surface area contributed by atoms with Gasteiger partial charge in [-0.3, -0.25) is 4.79 Å². The summed E-state index contributed by atoms with van der Waals surface area (Å²) in [5, 5.41) is 9.47. The fraction of sp³-hybridized carbons (Fsp3) is 0.375. The molecule has 2 heterocycles. The number of carbonyl (C=O) groups excluding carboxylic acids is 1. The molecule has 3 rings (SSSR count). The van der Waals surface area contributed by atoms with Gasteiger partial charge in [0.1, 0.15) is 0 Å². The van der Waals surface area contributed by atoms with E-state index in [1.165, 1.54) is 0 Å². The van der Waals surface area contributed by atoms with Crippen LogP contribution in [0.15, 0.2) is 29.6 Å². The van der Waals surface area contributed by atoms with Gasteiger partial charge < -0.3 is 10.6 Å². The zero-order chi connectivity index (χ0) is 14.7. The number of nitrogens with one attached hydrogen (secondary N) is 2. The average molecular weight is 374 g/mol. The summed E-state index contributed by atoms with van der Waals surface area (Å²) in [6, 6.07) is 7.91. The van der Waals surface area contributed by atoms with Crippen molar-refractivity contribution in [3.05, 3.63) is 40.2 Å². The van der Waals surface area contributed by atoms with E-state index in [1.807, 2.05) is 36.6 Å². The molecule has 1 fully saturated rings. The average Bonchev–Trinajstić information content (AvgIpc) is 2.95. The van der Waals surface area contributed by atoms with Crippen molar-refractivity contribution in [2.45, 2.75) is 25.8 Å². The summed E-state index contributed by atoms with van der Waals surface area (Å²) < 4.78 is 0. The number of halogens is 2. The number of amides is 1. The lowest BCUT2D eigenvalue weighted by atomic mass is 10.1. The molecular weight excluding hydrogens is 353 g/mol. The van der Waals surface area contributed by atoms with Crippen LogP contribution < -0.4 is 10.6 Å². The molecule has 1 aromatic carbocycles. The fourth-order valence-corrected chi connectivity index (χ4v) is 3.18. The normalized spacial score (nSPS) is 16.8. The van der Waals surface area contributed by atoms with Crippen LogP contribution in [0.1, 0.15) is 28.2 Å². The zero-order valence-electron chi connectivity index (χ0n) is 12.9. The van der Waals surface area contributed by atoms with E-state index in [4.69, 9.17) is 0 Å². The number of nitrogens with zero attached hydrogens (tertiary/aromatic N) is 1. The maximum absolute atomic E-state index is 12.3. The van der Waals surface area contributed by atoms with Gasteiger partial charge >= 0.3 is 0 Å².